The van der Waals surface area contributed by atoms with E-state index in [2.05, 4.69) is 48.1 Å². The Morgan fingerprint density at radius 2 is 1.89 bits per heavy atom. The lowest BCUT2D eigenvalue weighted by molar-refractivity contribution is 0.0933. The largest absolute Gasteiger partial charge is 0.349 e. The summed E-state index contributed by atoms with van der Waals surface area (Å²) in [5, 5.41) is 10.5. The van der Waals surface area contributed by atoms with Gasteiger partial charge in [-0.1, -0.05) is 11.6 Å². The van der Waals surface area contributed by atoms with Crippen LogP contribution in [0.5, 0.6) is 0 Å². The summed E-state index contributed by atoms with van der Waals surface area (Å²) < 4.78 is 0. The van der Waals surface area contributed by atoms with Gasteiger partial charge < -0.3 is 5.32 Å². The van der Waals surface area contributed by atoms with Crippen LogP contribution in [0.15, 0.2) is 12.1 Å². The Labute approximate surface area is 119 Å². The van der Waals surface area contributed by atoms with Crippen molar-refractivity contribution < 1.29 is 4.79 Å². The highest BCUT2D eigenvalue weighted by Crippen LogP contribution is 2.04. The first-order valence-corrected chi connectivity index (χ1v) is 6.82. The van der Waals surface area contributed by atoms with Crippen LogP contribution in [-0.4, -0.2) is 46.2 Å². The predicted molar refractivity (Wildman–Crippen MR) is 76.4 cm³/mol. The van der Waals surface area contributed by atoms with Gasteiger partial charge in [-0.3, -0.25) is 9.69 Å². The normalized spacial score (nSPS) is 11.4. The van der Waals surface area contributed by atoms with Crippen molar-refractivity contribution in [3.63, 3.8) is 0 Å². The van der Waals surface area contributed by atoms with Crippen molar-refractivity contribution in [1.29, 1.82) is 0 Å². The molecule has 19 heavy (non-hydrogen) atoms. The summed E-state index contributed by atoms with van der Waals surface area (Å²) in [4.78, 5) is 14.1. The molecule has 1 rings (SSSR count). The van der Waals surface area contributed by atoms with Crippen LogP contribution in [0.4, 0.5) is 0 Å². The molecule has 1 aromatic rings. The molecule has 0 saturated heterocycles. The smallest absolute Gasteiger partial charge is 0.271 e. The van der Waals surface area contributed by atoms with E-state index < -0.39 is 0 Å². The minimum atomic E-state index is -0.225. The van der Waals surface area contributed by atoms with E-state index in [1.807, 2.05) is 0 Å². The lowest BCUT2D eigenvalue weighted by Gasteiger charge is -2.30. The van der Waals surface area contributed by atoms with Crippen LogP contribution >= 0.6 is 11.6 Å². The number of nitrogens with one attached hydrogen (secondary N) is 1. The van der Waals surface area contributed by atoms with E-state index in [9.17, 15) is 4.79 Å². The van der Waals surface area contributed by atoms with Crippen molar-refractivity contribution in [2.75, 3.05) is 13.1 Å². The van der Waals surface area contributed by atoms with Crippen LogP contribution in [0.2, 0.25) is 5.15 Å². The van der Waals surface area contributed by atoms with E-state index in [-0.39, 0.29) is 16.8 Å². The Hall–Kier alpha value is -1.20. The number of carbonyl (C=O) groups is 1. The Morgan fingerprint density at radius 3 is 2.37 bits per heavy atom. The zero-order chi connectivity index (χ0) is 14.4. The zero-order valence-electron chi connectivity index (χ0n) is 11.9. The van der Waals surface area contributed by atoms with Gasteiger partial charge in [-0.2, -0.15) is 0 Å². The molecule has 0 aromatic carbocycles. The van der Waals surface area contributed by atoms with Crippen LogP contribution < -0.4 is 5.32 Å². The zero-order valence-corrected chi connectivity index (χ0v) is 12.6. The van der Waals surface area contributed by atoms with Crippen molar-refractivity contribution >= 4 is 17.5 Å². The van der Waals surface area contributed by atoms with Crippen molar-refractivity contribution in [3.8, 4) is 0 Å². The summed E-state index contributed by atoms with van der Waals surface area (Å²) in [6.45, 7) is 9.97. The fourth-order valence-electron chi connectivity index (χ4n) is 1.94. The summed E-state index contributed by atoms with van der Waals surface area (Å²) in [5.41, 5.74) is 0.282. The maximum absolute atomic E-state index is 11.8. The Kier molecular flexibility index (Phi) is 6.18. The second kappa shape index (κ2) is 7.40. The van der Waals surface area contributed by atoms with Crippen molar-refractivity contribution in [2.24, 2.45) is 0 Å². The molecular weight excluding hydrogens is 264 g/mol. The molecule has 1 N–H and O–H groups in total. The molecule has 5 nitrogen and oxygen atoms in total. The number of hydrogen-bond donors (Lipinski definition) is 1. The molecule has 0 radical (unpaired) electrons. The highest BCUT2D eigenvalue weighted by molar-refractivity contribution is 6.29. The molecule has 1 aromatic heterocycles. The van der Waals surface area contributed by atoms with Gasteiger partial charge in [0.1, 0.15) is 0 Å². The van der Waals surface area contributed by atoms with E-state index in [4.69, 9.17) is 11.6 Å². The average Bonchev–Trinajstić information content (AvgIpc) is 2.34. The molecule has 0 atom stereocenters. The molecule has 1 amide bonds. The molecule has 0 aliphatic carbocycles. The first-order chi connectivity index (χ1) is 8.91. The number of halogens is 1. The third kappa shape index (κ3) is 5.12. The van der Waals surface area contributed by atoms with Crippen LogP contribution in [0.3, 0.4) is 0 Å². The number of nitrogens with zero attached hydrogens (tertiary/aromatic N) is 3. The topological polar surface area (TPSA) is 58.1 Å². The van der Waals surface area contributed by atoms with Crippen LogP contribution in [0.1, 0.15) is 38.2 Å². The monoisotopic (exact) mass is 284 g/mol. The molecule has 106 valence electrons. The van der Waals surface area contributed by atoms with Crippen LogP contribution in [0, 0.1) is 0 Å². The van der Waals surface area contributed by atoms with Gasteiger partial charge in [0.2, 0.25) is 0 Å². The molecule has 0 fully saturated rings. The second-order valence-electron chi connectivity index (χ2n) is 4.92. The number of rotatable bonds is 6. The van der Waals surface area contributed by atoms with E-state index >= 15 is 0 Å². The summed E-state index contributed by atoms with van der Waals surface area (Å²) >= 11 is 5.62. The molecular formula is C13H21ClN4O. The number of hydrogen-bond acceptors (Lipinski definition) is 4. The highest BCUT2D eigenvalue weighted by atomic mass is 35.5. The number of amides is 1. The first kappa shape index (κ1) is 15.9. The maximum atomic E-state index is 11.8. The Balaban J connectivity index is 2.44. The van der Waals surface area contributed by atoms with Gasteiger partial charge >= 0.3 is 0 Å². The van der Waals surface area contributed by atoms with E-state index in [0.717, 1.165) is 6.54 Å². The molecule has 6 heteroatoms. The van der Waals surface area contributed by atoms with Gasteiger partial charge in [-0.05, 0) is 39.8 Å². The molecule has 0 aliphatic heterocycles. The fourth-order valence-corrected chi connectivity index (χ4v) is 2.04. The van der Waals surface area contributed by atoms with Crippen LogP contribution in [-0.2, 0) is 0 Å². The molecule has 0 spiro atoms. The third-order valence-corrected chi connectivity index (χ3v) is 3.05. The minimum absolute atomic E-state index is 0.225. The van der Waals surface area contributed by atoms with Gasteiger partial charge in [-0.25, -0.2) is 0 Å². The molecule has 0 unspecified atom stereocenters. The van der Waals surface area contributed by atoms with Gasteiger partial charge in [0.15, 0.2) is 10.8 Å². The van der Waals surface area contributed by atoms with Crippen molar-refractivity contribution in [2.45, 2.75) is 39.8 Å². The van der Waals surface area contributed by atoms with Crippen molar-refractivity contribution in [3.05, 3.63) is 23.0 Å². The number of aromatic nitrogens is 2. The average molecular weight is 285 g/mol. The summed E-state index contributed by atoms with van der Waals surface area (Å²) in [5.74, 6) is -0.225. The predicted octanol–water partition coefficient (Wildman–Crippen LogP) is 1.98. The van der Waals surface area contributed by atoms with E-state index in [0.29, 0.717) is 18.6 Å². The van der Waals surface area contributed by atoms with Crippen molar-refractivity contribution in [1.82, 2.24) is 20.4 Å². The quantitative estimate of drug-likeness (QED) is 0.868. The second-order valence-corrected chi connectivity index (χ2v) is 5.31. The summed E-state index contributed by atoms with van der Waals surface area (Å²) in [6, 6.07) is 4.02. The van der Waals surface area contributed by atoms with Gasteiger partial charge in [0.25, 0.3) is 5.91 Å². The fraction of sp³-hybridized carbons (Fsp3) is 0.615. The van der Waals surface area contributed by atoms with Gasteiger partial charge in [0.05, 0.1) is 0 Å². The Morgan fingerprint density at radius 1 is 1.26 bits per heavy atom. The van der Waals surface area contributed by atoms with Crippen LogP contribution in [0.25, 0.3) is 0 Å². The first-order valence-electron chi connectivity index (χ1n) is 6.45. The molecule has 0 bridgehead atoms. The minimum Gasteiger partial charge on any atom is -0.349 e. The Bertz CT molecular complexity index is 398. The summed E-state index contributed by atoms with van der Waals surface area (Å²) in [7, 11) is 0. The number of carbonyl (C=O) groups excluding carboxylic acids is 1. The van der Waals surface area contributed by atoms with Gasteiger partial charge in [-0.15, -0.1) is 10.2 Å². The molecule has 0 aliphatic rings. The molecule has 1 heterocycles. The van der Waals surface area contributed by atoms with E-state index in [1.165, 1.54) is 0 Å². The standard InChI is InChI=1S/C13H21ClN4O/c1-9(2)18(10(3)4)8-7-15-13(19)11-5-6-12(14)17-16-11/h5-6,9-10H,7-8H2,1-4H3,(H,15,19). The summed E-state index contributed by atoms with van der Waals surface area (Å²) in [6.07, 6.45) is 0. The highest BCUT2D eigenvalue weighted by Gasteiger charge is 2.14. The third-order valence-electron chi connectivity index (χ3n) is 2.85. The van der Waals surface area contributed by atoms with Gasteiger partial charge in [0, 0.05) is 25.2 Å². The lowest BCUT2D eigenvalue weighted by Crippen LogP contribution is -2.42. The lowest BCUT2D eigenvalue weighted by atomic mass is 10.2. The van der Waals surface area contributed by atoms with E-state index in [1.54, 1.807) is 12.1 Å². The molecule has 0 saturated carbocycles. The SMILES string of the molecule is CC(C)N(CCNC(=O)c1ccc(Cl)nn1)C(C)C. The maximum Gasteiger partial charge on any atom is 0.271 e.